The quantitative estimate of drug-likeness (QED) is 0.427. The van der Waals surface area contributed by atoms with Crippen LogP contribution in [0.2, 0.25) is 0 Å². The number of aromatic nitrogens is 1. The molecule has 0 bridgehead atoms. The van der Waals surface area contributed by atoms with Crippen LogP contribution in [0.3, 0.4) is 0 Å². The predicted octanol–water partition coefficient (Wildman–Crippen LogP) is 4.72. The Morgan fingerprint density at radius 2 is 1.97 bits per heavy atom. The third-order valence-corrected chi connectivity index (χ3v) is 4.97. The molecule has 7 nitrogen and oxygen atoms in total. The minimum atomic E-state index is -0.477. The Morgan fingerprint density at radius 1 is 1.17 bits per heavy atom. The van der Waals surface area contributed by atoms with Crippen LogP contribution >= 0.6 is 11.8 Å². The second kappa shape index (κ2) is 9.70. The third-order valence-electron chi connectivity index (χ3n) is 4.05. The van der Waals surface area contributed by atoms with Crippen LogP contribution in [-0.2, 0) is 11.2 Å². The number of nitrogens with zero attached hydrogens (tertiary/aromatic N) is 2. The molecule has 2 aromatic carbocycles. The molecule has 29 heavy (non-hydrogen) atoms. The van der Waals surface area contributed by atoms with Gasteiger partial charge in [0, 0.05) is 35.3 Å². The van der Waals surface area contributed by atoms with Crippen LogP contribution in [0, 0.1) is 10.1 Å². The van der Waals surface area contributed by atoms with Crippen molar-refractivity contribution in [1.29, 1.82) is 0 Å². The summed E-state index contributed by atoms with van der Waals surface area (Å²) in [5.74, 6) is 0.544. The Hall–Kier alpha value is -3.39. The maximum absolute atomic E-state index is 12.3. The van der Waals surface area contributed by atoms with Gasteiger partial charge in [0.25, 0.3) is 5.69 Å². The molecule has 8 heteroatoms. The fourth-order valence-electron chi connectivity index (χ4n) is 2.62. The Morgan fingerprint density at radius 3 is 2.62 bits per heavy atom. The Kier molecular flexibility index (Phi) is 6.80. The highest BCUT2D eigenvalue weighted by atomic mass is 32.2. The number of hydrogen-bond acceptors (Lipinski definition) is 6. The number of aryl methyl sites for hydroxylation is 1. The Labute approximate surface area is 172 Å². The summed E-state index contributed by atoms with van der Waals surface area (Å²) < 4.78 is 5.12. The number of pyridine rings is 1. The van der Waals surface area contributed by atoms with Gasteiger partial charge in [0.15, 0.2) is 0 Å². The highest BCUT2D eigenvalue weighted by molar-refractivity contribution is 7.99. The number of anilines is 1. The van der Waals surface area contributed by atoms with Crippen molar-refractivity contribution >= 4 is 29.0 Å². The van der Waals surface area contributed by atoms with E-state index in [4.69, 9.17) is 4.74 Å². The van der Waals surface area contributed by atoms with E-state index in [0.717, 1.165) is 11.3 Å². The summed E-state index contributed by atoms with van der Waals surface area (Å²) in [6.07, 6.45) is 2.47. The molecule has 1 heterocycles. The molecule has 3 rings (SSSR count). The molecule has 0 aliphatic carbocycles. The molecular formula is C21H19N3O4S. The number of methoxy groups -OCH3 is 1. The van der Waals surface area contributed by atoms with Crippen molar-refractivity contribution in [2.75, 3.05) is 12.4 Å². The van der Waals surface area contributed by atoms with Gasteiger partial charge in [-0.3, -0.25) is 14.9 Å². The van der Waals surface area contributed by atoms with Crippen molar-refractivity contribution in [1.82, 2.24) is 4.98 Å². The summed E-state index contributed by atoms with van der Waals surface area (Å²) in [5.41, 5.74) is 1.31. The fraction of sp³-hybridized carbons (Fsp3) is 0.143. The summed E-state index contributed by atoms with van der Waals surface area (Å²) in [7, 11) is 1.60. The molecule has 1 aromatic heterocycles. The summed E-state index contributed by atoms with van der Waals surface area (Å²) in [6, 6.07) is 17.5. The van der Waals surface area contributed by atoms with Gasteiger partial charge in [0.05, 0.1) is 12.0 Å². The van der Waals surface area contributed by atoms with Crippen LogP contribution in [0.15, 0.2) is 76.8 Å². The van der Waals surface area contributed by atoms with Crippen molar-refractivity contribution < 1.29 is 14.5 Å². The van der Waals surface area contributed by atoms with Crippen molar-refractivity contribution in [2.45, 2.75) is 22.8 Å². The van der Waals surface area contributed by atoms with E-state index in [1.54, 1.807) is 25.4 Å². The zero-order valence-electron chi connectivity index (χ0n) is 15.7. The van der Waals surface area contributed by atoms with Gasteiger partial charge < -0.3 is 10.1 Å². The van der Waals surface area contributed by atoms with Gasteiger partial charge in [-0.15, -0.1) is 0 Å². The topological polar surface area (TPSA) is 94.4 Å². The molecule has 0 saturated heterocycles. The molecule has 148 valence electrons. The first-order valence-corrected chi connectivity index (χ1v) is 9.66. The highest BCUT2D eigenvalue weighted by Gasteiger charge is 2.13. The summed E-state index contributed by atoms with van der Waals surface area (Å²) in [6.45, 7) is 0. The number of carbonyl (C=O) groups excluding carboxylic acids is 1. The maximum atomic E-state index is 12.3. The smallest absolute Gasteiger partial charge is 0.272 e. The molecule has 0 unspecified atom stereocenters. The van der Waals surface area contributed by atoms with E-state index in [1.165, 1.54) is 23.9 Å². The van der Waals surface area contributed by atoms with E-state index in [2.05, 4.69) is 10.3 Å². The van der Waals surface area contributed by atoms with Crippen LogP contribution in [0.1, 0.15) is 12.0 Å². The minimum Gasteiger partial charge on any atom is -0.497 e. The first kappa shape index (κ1) is 20.3. The number of carbonyl (C=O) groups is 1. The van der Waals surface area contributed by atoms with Gasteiger partial charge in [-0.25, -0.2) is 4.98 Å². The lowest BCUT2D eigenvalue weighted by Crippen LogP contribution is -2.12. The normalized spacial score (nSPS) is 10.4. The van der Waals surface area contributed by atoms with E-state index in [-0.39, 0.29) is 18.0 Å². The SMILES string of the molecule is COc1ccc(CCC(=O)Nc2cc(Sc3ccccn3)cc([N+](=O)[O-])c2)cc1. The second-order valence-electron chi connectivity index (χ2n) is 6.14. The van der Waals surface area contributed by atoms with Crippen LogP contribution in [0.25, 0.3) is 0 Å². The number of non-ortho nitro benzene ring substituents is 1. The average molecular weight is 409 g/mol. The van der Waals surface area contributed by atoms with Crippen molar-refractivity contribution in [3.8, 4) is 5.75 Å². The monoisotopic (exact) mass is 409 g/mol. The number of rotatable bonds is 8. The fourth-order valence-corrected chi connectivity index (χ4v) is 3.49. The molecule has 0 saturated carbocycles. The van der Waals surface area contributed by atoms with Crippen LogP contribution in [0.4, 0.5) is 11.4 Å². The lowest BCUT2D eigenvalue weighted by Gasteiger charge is -2.08. The molecular weight excluding hydrogens is 390 g/mol. The third kappa shape index (κ3) is 6.05. The van der Waals surface area contributed by atoms with E-state index >= 15 is 0 Å². The second-order valence-corrected chi connectivity index (χ2v) is 7.23. The van der Waals surface area contributed by atoms with E-state index < -0.39 is 4.92 Å². The van der Waals surface area contributed by atoms with Gasteiger partial charge in [0.2, 0.25) is 5.91 Å². The zero-order chi connectivity index (χ0) is 20.6. The number of ether oxygens (including phenoxy) is 1. The number of nitro groups is 1. The molecule has 3 aromatic rings. The molecule has 1 amide bonds. The number of nitro benzene ring substituents is 1. The van der Waals surface area contributed by atoms with Gasteiger partial charge in [-0.1, -0.05) is 30.0 Å². The number of amides is 1. The van der Waals surface area contributed by atoms with Crippen molar-refractivity contribution in [3.63, 3.8) is 0 Å². The molecule has 1 N–H and O–H groups in total. The number of nitrogens with one attached hydrogen (secondary N) is 1. The summed E-state index contributed by atoms with van der Waals surface area (Å²) in [4.78, 5) is 28.0. The number of benzene rings is 2. The average Bonchev–Trinajstić information content (AvgIpc) is 2.73. The lowest BCUT2D eigenvalue weighted by atomic mass is 10.1. The maximum Gasteiger partial charge on any atom is 0.272 e. The molecule has 0 aliphatic heterocycles. The van der Waals surface area contributed by atoms with E-state index in [0.29, 0.717) is 22.0 Å². The Balaban J connectivity index is 1.68. The molecule has 0 fully saturated rings. The predicted molar refractivity (Wildman–Crippen MR) is 111 cm³/mol. The minimum absolute atomic E-state index is 0.0867. The summed E-state index contributed by atoms with van der Waals surface area (Å²) in [5, 5.41) is 14.7. The van der Waals surface area contributed by atoms with Crippen molar-refractivity contribution in [2.24, 2.45) is 0 Å². The lowest BCUT2D eigenvalue weighted by molar-refractivity contribution is -0.385. The van der Waals surface area contributed by atoms with Crippen LogP contribution < -0.4 is 10.1 Å². The number of hydrogen-bond donors (Lipinski definition) is 1. The van der Waals surface area contributed by atoms with E-state index in [1.807, 2.05) is 36.4 Å². The van der Waals surface area contributed by atoms with Gasteiger partial charge in [-0.2, -0.15) is 0 Å². The van der Waals surface area contributed by atoms with Crippen LogP contribution in [-0.4, -0.2) is 22.9 Å². The highest BCUT2D eigenvalue weighted by Crippen LogP contribution is 2.32. The molecule has 0 atom stereocenters. The van der Waals surface area contributed by atoms with E-state index in [9.17, 15) is 14.9 Å². The molecule has 0 radical (unpaired) electrons. The molecule has 0 aliphatic rings. The first-order chi connectivity index (χ1) is 14.0. The summed E-state index contributed by atoms with van der Waals surface area (Å²) >= 11 is 1.30. The first-order valence-electron chi connectivity index (χ1n) is 8.84. The Bertz CT molecular complexity index is 995. The zero-order valence-corrected chi connectivity index (χ0v) is 16.5. The van der Waals surface area contributed by atoms with Gasteiger partial charge in [-0.05, 0) is 42.3 Å². The van der Waals surface area contributed by atoms with Crippen molar-refractivity contribution in [3.05, 3.63) is 82.5 Å². The largest absolute Gasteiger partial charge is 0.497 e. The van der Waals surface area contributed by atoms with Gasteiger partial charge >= 0.3 is 0 Å². The van der Waals surface area contributed by atoms with Crippen LogP contribution in [0.5, 0.6) is 5.75 Å². The standard InChI is InChI=1S/C21H19N3O4S/c1-28-18-8-5-15(6-9-18)7-10-20(25)23-16-12-17(24(26)27)14-19(13-16)29-21-4-2-3-11-22-21/h2-6,8-9,11-14H,7,10H2,1H3,(H,23,25). The van der Waals surface area contributed by atoms with Gasteiger partial charge in [0.1, 0.15) is 10.8 Å². The molecule has 0 spiro atoms.